The molecule has 1 aromatic carbocycles. The predicted octanol–water partition coefficient (Wildman–Crippen LogP) is 2.77. The van der Waals surface area contributed by atoms with Crippen LogP contribution in [0.2, 0.25) is 0 Å². The third kappa shape index (κ3) is 2.23. The number of carbonyl (C=O) groups excluding carboxylic acids is 1. The van der Waals surface area contributed by atoms with Crippen LogP contribution in [-0.4, -0.2) is 10.5 Å². The fourth-order valence-corrected chi connectivity index (χ4v) is 0.956. The molecule has 1 N–H and O–H groups in total. The molecule has 0 saturated heterocycles. The minimum atomic E-state index is -0.989. The van der Waals surface area contributed by atoms with Crippen LogP contribution >= 0.6 is 11.6 Å². The SMILES string of the molecule is C=Cc1cccc(OC(=O)Cl)c1O. The average Bonchev–Trinajstić information content (AvgIpc) is 2.08. The Labute approximate surface area is 80.2 Å². The van der Waals surface area contributed by atoms with Crippen LogP contribution in [0.15, 0.2) is 24.8 Å². The largest absolute Gasteiger partial charge is 0.504 e. The summed E-state index contributed by atoms with van der Waals surface area (Å²) in [5, 5.41) is 9.43. The molecule has 0 amide bonds. The van der Waals surface area contributed by atoms with Gasteiger partial charge >= 0.3 is 5.43 Å². The molecule has 0 spiro atoms. The lowest BCUT2D eigenvalue weighted by Crippen LogP contribution is -1.96. The highest BCUT2D eigenvalue weighted by Gasteiger charge is 2.08. The van der Waals surface area contributed by atoms with Crippen LogP contribution < -0.4 is 4.74 Å². The van der Waals surface area contributed by atoms with Crippen LogP contribution in [-0.2, 0) is 0 Å². The van der Waals surface area contributed by atoms with E-state index < -0.39 is 5.43 Å². The average molecular weight is 199 g/mol. The number of phenols is 1. The van der Waals surface area contributed by atoms with E-state index in [0.717, 1.165) is 0 Å². The Hall–Kier alpha value is -1.48. The van der Waals surface area contributed by atoms with Crippen molar-refractivity contribution in [2.75, 3.05) is 0 Å². The van der Waals surface area contributed by atoms with Crippen molar-refractivity contribution in [1.29, 1.82) is 0 Å². The smallest absolute Gasteiger partial charge is 0.409 e. The van der Waals surface area contributed by atoms with E-state index in [1.165, 1.54) is 12.1 Å². The molecular weight excluding hydrogens is 192 g/mol. The molecule has 13 heavy (non-hydrogen) atoms. The third-order valence-electron chi connectivity index (χ3n) is 1.44. The Morgan fingerprint density at radius 3 is 2.85 bits per heavy atom. The number of para-hydroxylation sites is 1. The predicted molar refractivity (Wildman–Crippen MR) is 50.1 cm³/mol. The molecule has 1 aromatic rings. The van der Waals surface area contributed by atoms with Gasteiger partial charge in [-0.3, -0.25) is 0 Å². The second-order valence-corrected chi connectivity index (χ2v) is 2.55. The second-order valence-electron chi connectivity index (χ2n) is 2.24. The summed E-state index contributed by atoms with van der Waals surface area (Å²) in [6.07, 6.45) is 1.45. The molecule has 1 rings (SSSR count). The summed E-state index contributed by atoms with van der Waals surface area (Å²) in [6.45, 7) is 3.48. The Balaban J connectivity index is 3.07. The number of benzene rings is 1. The Morgan fingerprint density at radius 1 is 1.62 bits per heavy atom. The lowest BCUT2D eigenvalue weighted by atomic mass is 10.2. The van der Waals surface area contributed by atoms with Gasteiger partial charge in [-0.15, -0.1) is 0 Å². The van der Waals surface area contributed by atoms with Crippen molar-refractivity contribution in [1.82, 2.24) is 0 Å². The molecule has 0 aliphatic heterocycles. The lowest BCUT2D eigenvalue weighted by molar-refractivity contribution is 0.223. The van der Waals surface area contributed by atoms with Gasteiger partial charge in [-0.05, 0) is 6.07 Å². The van der Waals surface area contributed by atoms with E-state index in [2.05, 4.69) is 11.3 Å². The monoisotopic (exact) mass is 198 g/mol. The van der Waals surface area contributed by atoms with E-state index >= 15 is 0 Å². The zero-order chi connectivity index (χ0) is 9.84. The molecule has 0 fully saturated rings. The molecule has 3 nitrogen and oxygen atoms in total. The van der Waals surface area contributed by atoms with Crippen molar-refractivity contribution >= 4 is 23.1 Å². The number of carbonyl (C=O) groups is 1. The van der Waals surface area contributed by atoms with E-state index in [-0.39, 0.29) is 11.5 Å². The van der Waals surface area contributed by atoms with Gasteiger partial charge in [0.1, 0.15) is 0 Å². The standard InChI is InChI=1S/C9H7ClO3/c1-2-6-4-3-5-7(8(6)11)13-9(10)12/h2-5,11H,1H2. The van der Waals surface area contributed by atoms with Gasteiger partial charge in [0, 0.05) is 17.2 Å². The van der Waals surface area contributed by atoms with Gasteiger partial charge in [0.25, 0.3) is 0 Å². The number of halogens is 1. The van der Waals surface area contributed by atoms with Crippen molar-refractivity contribution in [2.45, 2.75) is 0 Å². The molecule has 0 aliphatic carbocycles. The first kappa shape index (κ1) is 9.61. The molecule has 0 bridgehead atoms. The van der Waals surface area contributed by atoms with E-state index in [4.69, 9.17) is 11.6 Å². The third-order valence-corrected chi connectivity index (χ3v) is 1.52. The maximum absolute atomic E-state index is 10.4. The van der Waals surface area contributed by atoms with E-state index in [0.29, 0.717) is 5.56 Å². The van der Waals surface area contributed by atoms with Crippen LogP contribution in [0.3, 0.4) is 0 Å². The van der Waals surface area contributed by atoms with Crippen molar-refractivity contribution in [3.63, 3.8) is 0 Å². The van der Waals surface area contributed by atoms with Crippen molar-refractivity contribution in [3.8, 4) is 11.5 Å². The number of rotatable bonds is 2. The fraction of sp³-hybridized carbons (Fsp3) is 0. The number of ether oxygens (including phenoxy) is 1. The lowest BCUT2D eigenvalue weighted by Gasteiger charge is -2.04. The molecule has 0 aliphatic rings. The summed E-state index contributed by atoms with van der Waals surface area (Å²) in [7, 11) is 0. The van der Waals surface area contributed by atoms with Gasteiger partial charge in [0.05, 0.1) is 0 Å². The first-order chi connectivity index (χ1) is 6.15. The highest BCUT2D eigenvalue weighted by atomic mass is 35.5. The van der Waals surface area contributed by atoms with Crippen molar-refractivity contribution < 1.29 is 14.6 Å². The zero-order valence-electron chi connectivity index (χ0n) is 6.66. The van der Waals surface area contributed by atoms with E-state index in [1.54, 1.807) is 12.1 Å². The summed E-state index contributed by atoms with van der Waals surface area (Å²) in [5.41, 5.74) is -0.507. The molecule has 68 valence electrons. The Morgan fingerprint density at radius 2 is 2.31 bits per heavy atom. The van der Waals surface area contributed by atoms with Gasteiger partial charge in [-0.25, -0.2) is 4.79 Å². The van der Waals surface area contributed by atoms with E-state index in [9.17, 15) is 9.90 Å². The summed E-state index contributed by atoms with van der Waals surface area (Å²) >= 11 is 4.98. The number of phenolic OH excluding ortho intramolecular Hbond substituents is 1. The molecule has 0 aromatic heterocycles. The maximum atomic E-state index is 10.4. The molecule has 0 unspecified atom stereocenters. The first-order valence-corrected chi connectivity index (χ1v) is 3.84. The second kappa shape index (κ2) is 3.96. The quantitative estimate of drug-likeness (QED) is 0.744. The van der Waals surface area contributed by atoms with Crippen LogP contribution in [0.4, 0.5) is 4.79 Å². The summed E-state index contributed by atoms with van der Waals surface area (Å²) in [5.74, 6) is -0.121. The first-order valence-electron chi connectivity index (χ1n) is 3.47. The van der Waals surface area contributed by atoms with Gasteiger partial charge in [0.15, 0.2) is 11.5 Å². The van der Waals surface area contributed by atoms with Crippen LogP contribution in [0, 0.1) is 0 Å². The number of aromatic hydroxyl groups is 1. The van der Waals surface area contributed by atoms with Crippen molar-refractivity contribution in [3.05, 3.63) is 30.3 Å². The number of hydrogen-bond acceptors (Lipinski definition) is 3. The highest BCUT2D eigenvalue weighted by Crippen LogP contribution is 2.30. The Kier molecular flexibility index (Phi) is 2.93. The topological polar surface area (TPSA) is 46.5 Å². The summed E-state index contributed by atoms with van der Waals surface area (Å²) < 4.78 is 4.52. The molecule has 4 heteroatoms. The van der Waals surface area contributed by atoms with Gasteiger partial charge < -0.3 is 9.84 Å². The van der Waals surface area contributed by atoms with Gasteiger partial charge in [-0.2, -0.15) is 0 Å². The molecular formula is C9H7ClO3. The normalized spacial score (nSPS) is 9.31. The maximum Gasteiger partial charge on any atom is 0.409 e. The summed E-state index contributed by atoms with van der Waals surface area (Å²) in [4.78, 5) is 10.4. The van der Waals surface area contributed by atoms with Crippen molar-refractivity contribution in [2.24, 2.45) is 0 Å². The van der Waals surface area contributed by atoms with Gasteiger partial charge in [0.2, 0.25) is 0 Å². The van der Waals surface area contributed by atoms with Gasteiger partial charge in [-0.1, -0.05) is 24.8 Å². The zero-order valence-corrected chi connectivity index (χ0v) is 7.41. The molecule has 0 heterocycles. The molecule has 0 atom stereocenters. The Bertz CT molecular complexity index is 347. The van der Waals surface area contributed by atoms with E-state index in [1.807, 2.05) is 0 Å². The van der Waals surface area contributed by atoms with Crippen LogP contribution in [0.1, 0.15) is 5.56 Å². The van der Waals surface area contributed by atoms with Crippen LogP contribution in [0.25, 0.3) is 6.08 Å². The summed E-state index contributed by atoms with van der Waals surface area (Å²) in [6, 6.07) is 4.68. The highest BCUT2D eigenvalue weighted by molar-refractivity contribution is 6.61. The molecule has 0 radical (unpaired) electrons. The molecule has 0 saturated carbocycles. The van der Waals surface area contributed by atoms with Crippen LogP contribution in [0.5, 0.6) is 11.5 Å². The minimum absolute atomic E-state index is 0.0254. The fourth-order valence-electron chi connectivity index (χ4n) is 0.873. The minimum Gasteiger partial charge on any atom is -0.504 e. The number of hydrogen-bond donors (Lipinski definition) is 1.